The maximum atomic E-state index is 9.12. The molecule has 0 aliphatic rings. The van der Waals surface area contributed by atoms with E-state index in [4.69, 9.17) is 10.0 Å². The van der Waals surface area contributed by atoms with Crippen molar-refractivity contribution in [1.29, 1.82) is 0 Å². The first-order chi connectivity index (χ1) is 6.70. The predicted octanol–water partition coefficient (Wildman–Crippen LogP) is -0.172. The van der Waals surface area contributed by atoms with Crippen molar-refractivity contribution in [3.8, 4) is 10.6 Å². The fraction of sp³-hybridized carbons (Fsp3) is 0.125. The summed E-state index contributed by atoms with van der Waals surface area (Å²) in [5.41, 5.74) is 1.20. The van der Waals surface area contributed by atoms with Crippen LogP contribution in [0.3, 0.4) is 0 Å². The van der Waals surface area contributed by atoms with Crippen molar-refractivity contribution in [3.05, 3.63) is 23.7 Å². The first-order valence-corrected chi connectivity index (χ1v) is 5.00. The summed E-state index contributed by atoms with van der Waals surface area (Å²) in [6, 6.07) is 3.84. The van der Waals surface area contributed by atoms with Gasteiger partial charge in [-0.05, 0) is 11.4 Å². The van der Waals surface area contributed by atoms with Crippen molar-refractivity contribution >= 4 is 23.9 Å². The van der Waals surface area contributed by atoms with E-state index in [0.29, 0.717) is 5.46 Å². The van der Waals surface area contributed by atoms with Crippen molar-refractivity contribution in [2.75, 3.05) is 0 Å². The molecule has 14 heavy (non-hydrogen) atoms. The molecule has 0 unspecified atom stereocenters. The minimum Gasteiger partial charge on any atom is -0.423 e. The number of thiophene rings is 1. The van der Waals surface area contributed by atoms with Crippen LogP contribution >= 0.6 is 11.3 Å². The fourth-order valence-electron chi connectivity index (χ4n) is 1.36. The van der Waals surface area contributed by atoms with E-state index in [2.05, 4.69) is 5.10 Å². The van der Waals surface area contributed by atoms with Crippen LogP contribution < -0.4 is 5.46 Å². The Hall–Kier alpha value is -1.11. The maximum Gasteiger partial charge on any atom is 0.492 e. The monoisotopic (exact) mass is 208 g/mol. The van der Waals surface area contributed by atoms with Gasteiger partial charge in [0, 0.05) is 18.7 Å². The maximum absolute atomic E-state index is 9.12. The van der Waals surface area contributed by atoms with E-state index in [1.54, 1.807) is 23.1 Å². The van der Waals surface area contributed by atoms with Crippen molar-refractivity contribution < 1.29 is 10.0 Å². The van der Waals surface area contributed by atoms with Gasteiger partial charge in [-0.3, -0.25) is 4.68 Å². The van der Waals surface area contributed by atoms with Gasteiger partial charge in [-0.1, -0.05) is 6.07 Å². The average Bonchev–Trinajstić information content (AvgIpc) is 2.71. The van der Waals surface area contributed by atoms with Crippen molar-refractivity contribution in [2.24, 2.45) is 7.05 Å². The molecule has 2 N–H and O–H groups in total. The molecule has 0 spiro atoms. The highest BCUT2D eigenvalue weighted by atomic mass is 32.1. The largest absolute Gasteiger partial charge is 0.492 e. The molecule has 0 bridgehead atoms. The van der Waals surface area contributed by atoms with E-state index in [0.717, 1.165) is 10.6 Å². The molecule has 2 rings (SSSR count). The topological polar surface area (TPSA) is 58.3 Å². The lowest BCUT2D eigenvalue weighted by Crippen LogP contribution is -2.30. The van der Waals surface area contributed by atoms with E-state index < -0.39 is 7.12 Å². The summed E-state index contributed by atoms with van der Waals surface area (Å²) < 4.78 is 1.64. The summed E-state index contributed by atoms with van der Waals surface area (Å²) in [5.74, 6) is 0. The molecule has 0 amide bonds. The molecule has 72 valence electrons. The van der Waals surface area contributed by atoms with Gasteiger partial charge in [-0.25, -0.2) is 0 Å². The van der Waals surface area contributed by atoms with E-state index in [9.17, 15) is 0 Å². The van der Waals surface area contributed by atoms with E-state index in [1.165, 1.54) is 6.20 Å². The first-order valence-electron chi connectivity index (χ1n) is 4.12. The normalized spacial score (nSPS) is 10.5. The van der Waals surface area contributed by atoms with Crippen molar-refractivity contribution in [2.45, 2.75) is 0 Å². The fourth-order valence-corrected chi connectivity index (χ4v) is 2.18. The molecule has 0 fully saturated rings. The lowest BCUT2D eigenvalue weighted by molar-refractivity contribution is 0.426. The third-order valence-corrected chi connectivity index (χ3v) is 2.88. The second-order valence-electron chi connectivity index (χ2n) is 2.92. The highest BCUT2D eigenvalue weighted by Gasteiger charge is 2.21. The quantitative estimate of drug-likeness (QED) is 0.673. The zero-order valence-electron chi connectivity index (χ0n) is 7.58. The Labute approximate surface area is 85.6 Å². The van der Waals surface area contributed by atoms with Gasteiger partial charge in [0.1, 0.15) is 0 Å². The first kappa shape index (κ1) is 9.45. The standard InChI is InChI=1S/C8H9BN2O2S/c1-11-8(7-3-2-4-14-7)6(5-10-11)9(12)13/h2-5,12-13H,1H3. The molecular formula is C8H9BN2O2S. The summed E-state index contributed by atoms with van der Waals surface area (Å²) in [6.07, 6.45) is 1.47. The molecule has 0 radical (unpaired) electrons. The van der Waals surface area contributed by atoms with E-state index >= 15 is 0 Å². The van der Waals surface area contributed by atoms with Gasteiger partial charge < -0.3 is 10.0 Å². The molecule has 0 atom stereocenters. The number of aryl methyl sites for hydroxylation is 1. The van der Waals surface area contributed by atoms with Gasteiger partial charge in [-0.2, -0.15) is 5.10 Å². The Balaban J connectivity index is 2.56. The third kappa shape index (κ3) is 1.47. The van der Waals surface area contributed by atoms with Crippen LogP contribution in [0.5, 0.6) is 0 Å². The zero-order valence-corrected chi connectivity index (χ0v) is 8.40. The Morgan fingerprint density at radius 2 is 2.29 bits per heavy atom. The molecule has 0 saturated heterocycles. The SMILES string of the molecule is Cn1ncc(B(O)O)c1-c1cccs1. The van der Waals surface area contributed by atoms with Crippen LogP contribution in [0, 0.1) is 0 Å². The number of hydrogen-bond donors (Lipinski definition) is 2. The Kier molecular flexibility index (Phi) is 2.41. The average molecular weight is 208 g/mol. The van der Waals surface area contributed by atoms with Crippen molar-refractivity contribution in [1.82, 2.24) is 9.78 Å². The molecule has 2 aromatic rings. The molecule has 0 aromatic carbocycles. The molecular weight excluding hydrogens is 199 g/mol. The Morgan fingerprint density at radius 1 is 1.50 bits per heavy atom. The Bertz CT molecular complexity index is 424. The third-order valence-electron chi connectivity index (χ3n) is 2.00. The lowest BCUT2D eigenvalue weighted by Gasteiger charge is -2.02. The summed E-state index contributed by atoms with van der Waals surface area (Å²) in [7, 11) is 0.307. The van der Waals surface area contributed by atoms with Gasteiger partial charge in [0.05, 0.1) is 10.6 Å². The summed E-state index contributed by atoms with van der Waals surface area (Å²) in [6.45, 7) is 0. The second kappa shape index (κ2) is 3.57. The molecule has 2 aromatic heterocycles. The van der Waals surface area contributed by atoms with Crippen LogP contribution in [0.1, 0.15) is 0 Å². The molecule has 0 aliphatic heterocycles. The van der Waals surface area contributed by atoms with E-state index in [1.807, 2.05) is 17.5 Å². The smallest absolute Gasteiger partial charge is 0.423 e. The van der Waals surface area contributed by atoms with Crippen LogP contribution in [0.25, 0.3) is 10.6 Å². The summed E-state index contributed by atoms with van der Waals surface area (Å²) >= 11 is 1.54. The van der Waals surface area contributed by atoms with Gasteiger partial charge >= 0.3 is 7.12 Å². The molecule has 0 saturated carbocycles. The number of nitrogens with zero attached hydrogens (tertiary/aromatic N) is 2. The summed E-state index contributed by atoms with van der Waals surface area (Å²) in [5, 5.41) is 24.2. The van der Waals surface area contributed by atoms with Gasteiger partial charge in [0.25, 0.3) is 0 Å². The minimum atomic E-state index is -1.47. The molecule has 0 aliphatic carbocycles. The lowest BCUT2D eigenvalue weighted by atomic mass is 9.80. The zero-order chi connectivity index (χ0) is 10.1. The number of rotatable bonds is 2. The number of hydrogen-bond acceptors (Lipinski definition) is 4. The van der Waals surface area contributed by atoms with Crippen LogP contribution in [0.2, 0.25) is 0 Å². The van der Waals surface area contributed by atoms with Crippen LogP contribution in [-0.2, 0) is 7.05 Å². The van der Waals surface area contributed by atoms with Crippen LogP contribution in [0.15, 0.2) is 23.7 Å². The molecule has 4 nitrogen and oxygen atoms in total. The van der Waals surface area contributed by atoms with Crippen LogP contribution in [0.4, 0.5) is 0 Å². The highest BCUT2D eigenvalue weighted by Crippen LogP contribution is 2.22. The van der Waals surface area contributed by atoms with Gasteiger partial charge in [0.2, 0.25) is 0 Å². The second-order valence-corrected chi connectivity index (χ2v) is 3.87. The summed E-state index contributed by atoms with van der Waals surface area (Å²) in [4.78, 5) is 0.980. The highest BCUT2D eigenvalue weighted by molar-refractivity contribution is 7.13. The molecule has 2 heterocycles. The van der Waals surface area contributed by atoms with Crippen LogP contribution in [-0.4, -0.2) is 26.9 Å². The number of aromatic nitrogens is 2. The van der Waals surface area contributed by atoms with Crippen molar-refractivity contribution in [3.63, 3.8) is 0 Å². The predicted molar refractivity (Wildman–Crippen MR) is 56.3 cm³/mol. The van der Waals surface area contributed by atoms with Gasteiger partial charge in [0.15, 0.2) is 0 Å². The molecule has 6 heteroatoms. The Morgan fingerprint density at radius 3 is 2.86 bits per heavy atom. The van der Waals surface area contributed by atoms with Gasteiger partial charge in [-0.15, -0.1) is 11.3 Å². The van der Waals surface area contributed by atoms with E-state index in [-0.39, 0.29) is 0 Å². The minimum absolute atomic E-state index is 0.440.